The maximum Gasteiger partial charge on any atom is 0.312 e. The number of esters is 3. The zero-order valence-electron chi connectivity index (χ0n) is 25.0. The third-order valence-electron chi connectivity index (χ3n) is 8.34. The lowest BCUT2D eigenvalue weighted by molar-refractivity contribution is -0.181. The first-order valence-corrected chi connectivity index (χ1v) is 14.2. The number of carboxylic acids is 1. The molecule has 0 aromatic rings. The molecule has 0 aromatic heterocycles. The quantitative estimate of drug-likeness (QED) is 0.202. The minimum Gasteiger partial charge on any atom is -0.481 e. The van der Waals surface area contributed by atoms with Crippen LogP contribution in [0.1, 0.15) is 99.8 Å². The molecule has 10 heteroatoms. The summed E-state index contributed by atoms with van der Waals surface area (Å²) in [5.41, 5.74) is -2.97. The SMILES string of the molecule is CCCCC(CC)COC(=O)C(C)(CC)CC(C)(C(=O)OC)C(C(=O)O)C(C)C(=O)OC(C)N1CCCC1=O. The second kappa shape index (κ2) is 15.2. The summed E-state index contributed by atoms with van der Waals surface area (Å²) in [5.74, 6) is -6.38. The number of aliphatic carboxylic acids is 1. The molecule has 1 rings (SSSR count). The van der Waals surface area contributed by atoms with Gasteiger partial charge in [-0.3, -0.25) is 24.0 Å². The zero-order valence-corrected chi connectivity index (χ0v) is 25.0. The molecule has 6 atom stereocenters. The fourth-order valence-corrected chi connectivity index (χ4v) is 5.53. The highest BCUT2D eigenvalue weighted by molar-refractivity contribution is 5.89. The highest BCUT2D eigenvalue weighted by Gasteiger charge is 2.55. The number of rotatable bonds is 17. The van der Waals surface area contributed by atoms with Crippen LogP contribution in [0.15, 0.2) is 0 Å². The Hall–Kier alpha value is -2.65. The molecule has 0 bridgehead atoms. The van der Waals surface area contributed by atoms with E-state index < -0.39 is 52.8 Å². The van der Waals surface area contributed by atoms with E-state index >= 15 is 0 Å². The van der Waals surface area contributed by atoms with Crippen LogP contribution in [0.3, 0.4) is 0 Å². The fraction of sp³-hybridized carbons (Fsp3) is 0.828. The molecule has 0 radical (unpaired) electrons. The number of methoxy groups -OCH3 is 1. The van der Waals surface area contributed by atoms with Crippen LogP contribution in [0.4, 0.5) is 0 Å². The first-order valence-electron chi connectivity index (χ1n) is 14.2. The predicted octanol–water partition coefficient (Wildman–Crippen LogP) is 4.58. The molecule has 1 aliphatic rings. The number of amides is 1. The standard InChI is InChI=1S/C29H49NO9/c1-9-12-14-21(10-2)17-38-26(35)28(6,11-3)18-29(7,27(36)37-8)23(24(32)33)19(4)25(34)39-20(5)30-16-13-15-22(30)31/h19-21,23H,9-18H2,1-8H3,(H,32,33). The van der Waals surface area contributed by atoms with Gasteiger partial charge >= 0.3 is 23.9 Å². The van der Waals surface area contributed by atoms with Gasteiger partial charge in [-0.25, -0.2) is 0 Å². The number of nitrogens with zero attached hydrogens (tertiary/aromatic N) is 1. The maximum atomic E-state index is 13.3. The van der Waals surface area contributed by atoms with E-state index in [1.165, 1.54) is 18.7 Å². The second-order valence-electron chi connectivity index (χ2n) is 11.3. The van der Waals surface area contributed by atoms with Gasteiger partial charge in [0.05, 0.1) is 36.4 Å². The molecule has 39 heavy (non-hydrogen) atoms. The molecular weight excluding hydrogens is 506 g/mol. The average Bonchev–Trinajstić information content (AvgIpc) is 3.33. The smallest absolute Gasteiger partial charge is 0.312 e. The Morgan fingerprint density at radius 3 is 2.18 bits per heavy atom. The second-order valence-corrected chi connectivity index (χ2v) is 11.3. The Morgan fingerprint density at radius 2 is 1.72 bits per heavy atom. The van der Waals surface area contributed by atoms with Crippen molar-refractivity contribution >= 4 is 29.8 Å². The Balaban J connectivity index is 3.24. The molecule has 1 fully saturated rings. The molecule has 6 unspecified atom stereocenters. The van der Waals surface area contributed by atoms with Crippen molar-refractivity contribution in [2.45, 2.75) is 106 Å². The minimum absolute atomic E-state index is 0.144. The summed E-state index contributed by atoms with van der Waals surface area (Å²) in [6.07, 6.45) is 4.08. The van der Waals surface area contributed by atoms with E-state index in [4.69, 9.17) is 14.2 Å². The third kappa shape index (κ3) is 8.67. The molecule has 0 saturated carbocycles. The van der Waals surface area contributed by atoms with Gasteiger partial charge in [-0.05, 0) is 52.4 Å². The lowest BCUT2D eigenvalue weighted by atomic mass is 9.62. The van der Waals surface area contributed by atoms with Crippen LogP contribution in [0.5, 0.6) is 0 Å². The van der Waals surface area contributed by atoms with Gasteiger partial charge in [0.25, 0.3) is 0 Å². The van der Waals surface area contributed by atoms with Crippen molar-refractivity contribution in [3.8, 4) is 0 Å². The van der Waals surface area contributed by atoms with Crippen LogP contribution >= 0.6 is 0 Å². The summed E-state index contributed by atoms with van der Waals surface area (Å²) >= 11 is 0. The Labute approximate surface area is 233 Å². The number of ether oxygens (including phenoxy) is 3. The summed E-state index contributed by atoms with van der Waals surface area (Å²) in [6.45, 7) is 12.6. The molecule has 1 aliphatic heterocycles. The Kier molecular flexibility index (Phi) is 13.4. The number of carbonyl (C=O) groups is 5. The molecule has 1 heterocycles. The number of carboxylic acid groups (broad SMARTS) is 1. The van der Waals surface area contributed by atoms with Gasteiger partial charge in [0.2, 0.25) is 5.91 Å². The minimum atomic E-state index is -1.76. The highest BCUT2D eigenvalue weighted by atomic mass is 16.6. The van der Waals surface area contributed by atoms with Gasteiger partial charge in [0, 0.05) is 13.0 Å². The van der Waals surface area contributed by atoms with Crippen molar-refractivity contribution in [1.29, 1.82) is 0 Å². The summed E-state index contributed by atoms with van der Waals surface area (Å²) in [5, 5.41) is 10.3. The van der Waals surface area contributed by atoms with Crippen LogP contribution in [0.25, 0.3) is 0 Å². The van der Waals surface area contributed by atoms with E-state index in [1.807, 2.05) is 6.92 Å². The van der Waals surface area contributed by atoms with E-state index in [0.717, 1.165) is 32.8 Å². The lowest BCUT2D eigenvalue weighted by Crippen LogP contribution is -2.51. The molecule has 0 spiro atoms. The van der Waals surface area contributed by atoms with Crippen LogP contribution in [-0.2, 0) is 38.2 Å². The van der Waals surface area contributed by atoms with Gasteiger partial charge in [-0.1, -0.05) is 47.0 Å². The summed E-state index contributed by atoms with van der Waals surface area (Å²) < 4.78 is 16.2. The largest absolute Gasteiger partial charge is 0.481 e. The van der Waals surface area contributed by atoms with Crippen LogP contribution in [0, 0.1) is 28.6 Å². The third-order valence-corrected chi connectivity index (χ3v) is 8.34. The number of hydrogen-bond acceptors (Lipinski definition) is 8. The topological polar surface area (TPSA) is 137 Å². The van der Waals surface area contributed by atoms with Crippen molar-refractivity contribution in [3.63, 3.8) is 0 Å². The predicted molar refractivity (Wildman–Crippen MR) is 144 cm³/mol. The van der Waals surface area contributed by atoms with E-state index in [0.29, 0.717) is 19.4 Å². The molecular formula is C29H49NO9. The zero-order chi connectivity index (χ0) is 30.0. The molecule has 0 aromatic carbocycles. The first-order chi connectivity index (χ1) is 18.2. The monoisotopic (exact) mass is 555 g/mol. The van der Waals surface area contributed by atoms with Gasteiger partial charge in [0.1, 0.15) is 0 Å². The lowest BCUT2D eigenvalue weighted by Gasteiger charge is -2.40. The number of likely N-dealkylation sites (tertiary alicyclic amines) is 1. The van der Waals surface area contributed by atoms with Crippen LogP contribution in [0.2, 0.25) is 0 Å². The van der Waals surface area contributed by atoms with Crippen molar-refractivity contribution in [2.75, 3.05) is 20.3 Å². The van der Waals surface area contributed by atoms with Crippen LogP contribution < -0.4 is 0 Å². The van der Waals surface area contributed by atoms with Gasteiger partial charge in [0.15, 0.2) is 6.23 Å². The highest BCUT2D eigenvalue weighted by Crippen LogP contribution is 2.46. The van der Waals surface area contributed by atoms with Crippen molar-refractivity contribution < 1.29 is 43.3 Å². The molecule has 1 amide bonds. The van der Waals surface area contributed by atoms with E-state index in [9.17, 15) is 29.1 Å². The summed E-state index contributed by atoms with van der Waals surface area (Å²) in [6, 6.07) is 0. The van der Waals surface area contributed by atoms with E-state index in [-0.39, 0.29) is 31.3 Å². The Bertz CT molecular complexity index is 875. The first kappa shape index (κ1) is 34.4. The van der Waals surface area contributed by atoms with Gasteiger partial charge in [-0.15, -0.1) is 0 Å². The van der Waals surface area contributed by atoms with Gasteiger partial charge in [-0.2, -0.15) is 0 Å². The fourth-order valence-electron chi connectivity index (χ4n) is 5.53. The van der Waals surface area contributed by atoms with E-state index in [2.05, 4.69) is 6.92 Å². The van der Waals surface area contributed by atoms with Crippen LogP contribution in [-0.4, -0.2) is 66.3 Å². The molecule has 1 N–H and O–H groups in total. The summed E-state index contributed by atoms with van der Waals surface area (Å²) in [7, 11) is 1.14. The summed E-state index contributed by atoms with van der Waals surface area (Å²) in [4.78, 5) is 65.7. The number of hydrogen-bond donors (Lipinski definition) is 1. The van der Waals surface area contributed by atoms with Gasteiger partial charge < -0.3 is 24.2 Å². The molecule has 1 saturated heterocycles. The van der Waals surface area contributed by atoms with E-state index in [1.54, 1.807) is 20.8 Å². The van der Waals surface area contributed by atoms with Crippen molar-refractivity contribution in [1.82, 2.24) is 4.90 Å². The number of carbonyl (C=O) groups excluding carboxylic acids is 4. The van der Waals surface area contributed by atoms with Crippen molar-refractivity contribution in [2.24, 2.45) is 28.6 Å². The number of unbranched alkanes of at least 4 members (excludes halogenated alkanes) is 1. The molecule has 10 nitrogen and oxygen atoms in total. The Morgan fingerprint density at radius 1 is 1.08 bits per heavy atom. The maximum absolute atomic E-state index is 13.3. The average molecular weight is 556 g/mol. The molecule has 0 aliphatic carbocycles. The molecule has 224 valence electrons. The van der Waals surface area contributed by atoms with Crippen molar-refractivity contribution in [3.05, 3.63) is 0 Å². The normalized spacial score (nSPS) is 19.7.